The Bertz CT molecular complexity index is 754. The number of nitrogens with one attached hydrogen (secondary N) is 1. The number of aryl methyl sites for hydroxylation is 3. The molecule has 0 saturated carbocycles. The molecule has 0 fully saturated rings. The van der Waals surface area contributed by atoms with Crippen LogP contribution in [0.5, 0.6) is 0 Å². The van der Waals surface area contributed by atoms with Crippen molar-refractivity contribution >= 4 is 15.7 Å². The SMILES string of the molecule is Cc1ccc(F)c(NS(=O)(=O)c2cc(C)ccc2C)c1. The minimum atomic E-state index is -3.80. The van der Waals surface area contributed by atoms with E-state index in [2.05, 4.69) is 4.72 Å². The van der Waals surface area contributed by atoms with Gasteiger partial charge in [0.05, 0.1) is 10.6 Å². The molecule has 0 radical (unpaired) electrons. The Morgan fingerprint density at radius 3 is 2.25 bits per heavy atom. The molecule has 5 heteroatoms. The fourth-order valence-corrected chi connectivity index (χ4v) is 3.30. The van der Waals surface area contributed by atoms with Crippen molar-refractivity contribution in [3.63, 3.8) is 0 Å². The highest BCUT2D eigenvalue weighted by molar-refractivity contribution is 7.92. The standard InChI is InChI=1S/C15H16FNO2S/c1-10-5-7-13(16)14(8-10)17-20(18,19)15-9-11(2)4-6-12(15)3/h4-9,17H,1-3H3. The van der Waals surface area contributed by atoms with Gasteiger partial charge in [0.15, 0.2) is 0 Å². The quantitative estimate of drug-likeness (QED) is 0.940. The summed E-state index contributed by atoms with van der Waals surface area (Å²) in [5.41, 5.74) is 2.20. The van der Waals surface area contributed by atoms with Gasteiger partial charge in [0.2, 0.25) is 0 Å². The Balaban J connectivity index is 2.46. The van der Waals surface area contributed by atoms with E-state index in [1.54, 1.807) is 32.0 Å². The molecule has 1 N–H and O–H groups in total. The monoisotopic (exact) mass is 293 g/mol. The lowest BCUT2D eigenvalue weighted by atomic mass is 10.2. The summed E-state index contributed by atoms with van der Waals surface area (Å²) < 4.78 is 40.7. The molecule has 0 heterocycles. The third-order valence-corrected chi connectivity index (χ3v) is 4.51. The summed E-state index contributed by atoms with van der Waals surface area (Å²) in [6.07, 6.45) is 0. The van der Waals surface area contributed by atoms with Gasteiger partial charge in [0.25, 0.3) is 10.0 Å². The molecular formula is C15H16FNO2S. The van der Waals surface area contributed by atoms with Crippen LogP contribution in [0.2, 0.25) is 0 Å². The second-order valence-electron chi connectivity index (χ2n) is 4.86. The van der Waals surface area contributed by atoms with Gasteiger partial charge in [-0.05, 0) is 55.7 Å². The van der Waals surface area contributed by atoms with Crippen LogP contribution in [0.4, 0.5) is 10.1 Å². The topological polar surface area (TPSA) is 46.2 Å². The van der Waals surface area contributed by atoms with Gasteiger partial charge in [-0.25, -0.2) is 12.8 Å². The number of sulfonamides is 1. The molecule has 0 saturated heterocycles. The van der Waals surface area contributed by atoms with Crippen LogP contribution in [0, 0.1) is 26.6 Å². The molecule has 106 valence electrons. The largest absolute Gasteiger partial charge is 0.277 e. The van der Waals surface area contributed by atoms with Gasteiger partial charge >= 0.3 is 0 Å². The van der Waals surface area contributed by atoms with Crippen LogP contribution in [0.3, 0.4) is 0 Å². The van der Waals surface area contributed by atoms with Crippen molar-refractivity contribution < 1.29 is 12.8 Å². The van der Waals surface area contributed by atoms with Crippen molar-refractivity contribution in [3.05, 3.63) is 58.9 Å². The lowest BCUT2D eigenvalue weighted by Crippen LogP contribution is -2.15. The first-order chi connectivity index (χ1) is 9.29. The van der Waals surface area contributed by atoms with Crippen molar-refractivity contribution in [1.29, 1.82) is 0 Å². The van der Waals surface area contributed by atoms with Crippen LogP contribution in [0.25, 0.3) is 0 Å². The molecule has 20 heavy (non-hydrogen) atoms. The van der Waals surface area contributed by atoms with E-state index in [1.165, 1.54) is 12.1 Å². The van der Waals surface area contributed by atoms with Gasteiger partial charge < -0.3 is 0 Å². The fourth-order valence-electron chi connectivity index (χ4n) is 1.91. The highest BCUT2D eigenvalue weighted by Gasteiger charge is 2.18. The van der Waals surface area contributed by atoms with E-state index < -0.39 is 15.8 Å². The molecule has 0 aromatic heterocycles. The maximum absolute atomic E-state index is 13.7. The first kappa shape index (κ1) is 14.5. The van der Waals surface area contributed by atoms with Gasteiger partial charge in [-0.15, -0.1) is 0 Å². The summed E-state index contributed by atoms with van der Waals surface area (Å²) in [5.74, 6) is -0.593. The molecule has 0 atom stereocenters. The van der Waals surface area contributed by atoms with Gasteiger partial charge in [-0.1, -0.05) is 18.2 Å². The summed E-state index contributed by atoms with van der Waals surface area (Å²) in [6.45, 7) is 5.29. The van der Waals surface area contributed by atoms with E-state index in [0.29, 0.717) is 5.56 Å². The second kappa shape index (κ2) is 5.25. The number of halogens is 1. The van der Waals surface area contributed by atoms with Gasteiger partial charge in [0.1, 0.15) is 5.82 Å². The van der Waals surface area contributed by atoms with Crippen LogP contribution in [-0.2, 0) is 10.0 Å². The lowest BCUT2D eigenvalue weighted by Gasteiger charge is -2.12. The van der Waals surface area contributed by atoms with E-state index >= 15 is 0 Å². The molecule has 0 aliphatic carbocycles. The predicted octanol–water partition coefficient (Wildman–Crippen LogP) is 3.55. The summed E-state index contributed by atoms with van der Waals surface area (Å²) in [6, 6.07) is 9.45. The maximum atomic E-state index is 13.7. The third kappa shape index (κ3) is 2.99. The molecular weight excluding hydrogens is 277 g/mol. The zero-order valence-electron chi connectivity index (χ0n) is 11.6. The first-order valence-electron chi connectivity index (χ1n) is 6.16. The summed E-state index contributed by atoms with van der Waals surface area (Å²) in [7, 11) is -3.80. The van der Waals surface area contributed by atoms with Crippen LogP contribution >= 0.6 is 0 Å². The number of hydrogen-bond donors (Lipinski definition) is 1. The van der Waals surface area contributed by atoms with Crippen molar-refractivity contribution in [1.82, 2.24) is 0 Å². The van der Waals surface area contributed by atoms with Crippen LogP contribution in [-0.4, -0.2) is 8.42 Å². The lowest BCUT2D eigenvalue weighted by molar-refractivity contribution is 0.598. The highest BCUT2D eigenvalue weighted by atomic mass is 32.2. The zero-order valence-corrected chi connectivity index (χ0v) is 12.4. The molecule has 2 rings (SSSR count). The average molecular weight is 293 g/mol. The van der Waals surface area contributed by atoms with Crippen molar-refractivity contribution in [3.8, 4) is 0 Å². The molecule has 2 aromatic rings. The first-order valence-corrected chi connectivity index (χ1v) is 7.64. The zero-order chi connectivity index (χ0) is 14.9. The van der Waals surface area contributed by atoms with E-state index in [9.17, 15) is 12.8 Å². The smallest absolute Gasteiger partial charge is 0.262 e. The minimum absolute atomic E-state index is 0.0362. The van der Waals surface area contributed by atoms with Gasteiger partial charge in [0, 0.05) is 0 Å². The molecule has 0 aliphatic heterocycles. The minimum Gasteiger partial charge on any atom is -0.277 e. The normalized spacial score (nSPS) is 11.4. The van der Waals surface area contributed by atoms with Crippen molar-refractivity contribution in [2.75, 3.05) is 4.72 Å². The van der Waals surface area contributed by atoms with E-state index in [0.717, 1.165) is 11.1 Å². The summed E-state index contributed by atoms with van der Waals surface area (Å²) >= 11 is 0. The predicted molar refractivity (Wildman–Crippen MR) is 77.9 cm³/mol. The molecule has 0 amide bonds. The second-order valence-corrected chi connectivity index (χ2v) is 6.51. The number of benzene rings is 2. The highest BCUT2D eigenvalue weighted by Crippen LogP contribution is 2.23. The molecule has 2 aromatic carbocycles. The fraction of sp³-hybridized carbons (Fsp3) is 0.200. The molecule has 0 unspecified atom stereocenters. The van der Waals surface area contributed by atoms with Gasteiger partial charge in [-0.3, -0.25) is 4.72 Å². The number of hydrogen-bond acceptors (Lipinski definition) is 2. The Kier molecular flexibility index (Phi) is 3.81. The van der Waals surface area contributed by atoms with E-state index in [1.807, 2.05) is 13.0 Å². The van der Waals surface area contributed by atoms with E-state index in [-0.39, 0.29) is 10.6 Å². The Labute approximate surface area is 118 Å². The maximum Gasteiger partial charge on any atom is 0.262 e. The van der Waals surface area contributed by atoms with Crippen LogP contribution < -0.4 is 4.72 Å². The van der Waals surface area contributed by atoms with Crippen LogP contribution in [0.1, 0.15) is 16.7 Å². The molecule has 3 nitrogen and oxygen atoms in total. The Hall–Kier alpha value is -1.88. The summed E-state index contributed by atoms with van der Waals surface area (Å²) in [5, 5.41) is 0. The van der Waals surface area contributed by atoms with Crippen LogP contribution in [0.15, 0.2) is 41.3 Å². The van der Waals surface area contributed by atoms with E-state index in [4.69, 9.17) is 0 Å². The van der Waals surface area contributed by atoms with Crippen molar-refractivity contribution in [2.45, 2.75) is 25.7 Å². The van der Waals surface area contributed by atoms with Crippen molar-refractivity contribution in [2.24, 2.45) is 0 Å². The molecule has 0 bridgehead atoms. The Morgan fingerprint density at radius 1 is 0.950 bits per heavy atom. The average Bonchev–Trinajstić information content (AvgIpc) is 2.36. The molecule has 0 spiro atoms. The molecule has 0 aliphatic rings. The Morgan fingerprint density at radius 2 is 1.55 bits per heavy atom. The third-order valence-electron chi connectivity index (χ3n) is 3.00. The van der Waals surface area contributed by atoms with Gasteiger partial charge in [-0.2, -0.15) is 0 Å². The number of rotatable bonds is 3. The number of anilines is 1. The summed E-state index contributed by atoms with van der Waals surface area (Å²) in [4.78, 5) is 0.165.